The lowest BCUT2D eigenvalue weighted by Gasteiger charge is -2.29. The summed E-state index contributed by atoms with van der Waals surface area (Å²) in [5, 5.41) is 0. The highest BCUT2D eigenvalue weighted by Crippen LogP contribution is 2.20. The molecule has 0 aromatic heterocycles. The van der Waals surface area contributed by atoms with E-state index in [1.165, 1.54) is 0 Å². The molecule has 0 aromatic carbocycles. The molecule has 0 N–H and O–H groups in total. The van der Waals surface area contributed by atoms with Gasteiger partial charge in [0.05, 0.1) is 0 Å². The smallest absolute Gasteiger partial charge is 0.421 e. The largest absolute Gasteiger partial charge is 0.500 e. The minimum absolute atomic E-state index is 0.650. The Morgan fingerprint density at radius 2 is 1.29 bits per heavy atom. The quantitative estimate of drug-likeness (QED) is 0.545. The van der Waals surface area contributed by atoms with Gasteiger partial charge in [0.1, 0.15) is 0 Å². The second kappa shape index (κ2) is 10.2. The van der Waals surface area contributed by atoms with E-state index in [9.17, 15) is 0 Å². The van der Waals surface area contributed by atoms with Gasteiger partial charge in [0.15, 0.2) is 9.04 Å². The maximum Gasteiger partial charge on any atom is 0.500 e. The van der Waals surface area contributed by atoms with Crippen molar-refractivity contribution in [3.63, 3.8) is 0 Å². The second-order valence-corrected chi connectivity index (χ2v) is 9.05. The van der Waals surface area contributed by atoms with Crippen molar-refractivity contribution in [1.29, 1.82) is 0 Å². The Bertz CT molecular complexity index is 164. The van der Waals surface area contributed by atoms with Gasteiger partial charge in [-0.05, 0) is 40.3 Å². The van der Waals surface area contributed by atoms with E-state index in [1.807, 2.05) is 27.7 Å². The molecule has 4 nitrogen and oxygen atoms in total. The third-order valence-corrected chi connectivity index (χ3v) is 8.07. The van der Waals surface area contributed by atoms with Gasteiger partial charge in [-0.15, -0.1) is 0 Å². The Morgan fingerprint density at radius 1 is 0.824 bits per heavy atom. The SMILES string of the molecule is CCO[SiH](C)CC[Si](OCC)(OCC)OCC. The lowest BCUT2D eigenvalue weighted by molar-refractivity contribution is 0.0723. The molecule has 0 aliphatic carbocycles. The van der Waals surface area contributed by atoms with Gasteiger partial charge in [-0.3, -0.25) is 0 Å². The van der Waals surface area contributed by atoms with Crippen LogP contribution in [0.2, 0.25) is 18.6 Å². The molecule has 0 aromatic rings. The van der Waals surface area contributed by atoms with Crippen molar-refractivity contribution in [2.75, 3.05) is 26.4 Å². The Kier molecular flexibility index (Phi) is 10.4. The van der Waals surface area contributed by atoms with Crippen LogP contribution in [0.1, 0.15) is 27.7 Å². The average molecular weight is 281 g/mol. The number of rotatable bonds is 11. The van der Waals surface area contributed by atoms with Crippen LogP contribution in [0.5, 0.6) is 0 Å². The molecule has 0 radical (unpaired) electrons. The van der Waals surface area contributed by atoms with Gasteiger partial charge in [0.25, 0.3) is 0 Å². The van der Waals surface area contributed by atoms with Gasteiger partial charge < -0.3 is 17.7 Å². The summed E-state index contributed by atoms with van der Waals surface area (Å²) in [5.74, 6) is 0. The third-order valence-electron chi connectivity index (χ3n) is 2.40. The predicted molar refractivity (Wildman–Crippen MR) is 74.9 cm³/mol. The first-order valence-corrected chi connectivity index (χ1v) is 11.0. The zero-order valence-electron chi connectivity index (χ0n) is 12.0. The Hall–Kier alpha value is 0.274. The first-order chi connectivity index (χ1) is 8.14. The molecule has 0 heterocycles. The molecule has 0 aliphatic rings. The van der Waals surface area contributed by atoms with Crippen LogP contribution in [0.25, 0.3) is 0 Å². The Labute approximate surface area is 109 Å². The van der Waals surface area contributed by atoms with Gasteiger partial charge in [-0.2, -0.15) is 0 Å². The average Bonchev–Trinajstić information content (AvgIpc) is 2.28. The van der Waals surface area contributed by atoms with Crippen molar-refractivity contribution >= 4 is 17.8 Å². The normalized spacial score (nSPS) is 13.9. The van der Waals surface area contributed by atoms with Crippen LogP contribution in [0.4, 0.5) is 0 Å². The summed E-state index contributed by atoms with van der Waals surface area (Å²) in [4.78, 5) is 0. The molecule has 1 unspecified atom stereocenters. The first kappa shape index (κ1) is 17.3. The Morgan fingerprint density at radius 3 is 1.65 bits per heavy atom. The minimum atomic E-state index is -2.43. The zero-order chi connectivity index (χ0) is 13.1. The molecule has 1 atom stereocenters. The van der Waals surface area contributed by atoms with Gasteiger partial charge in [-0.1, -0.05) is 0 Å². The summed E-state index contributed by atoms with van der Waals surface area (Å²) in [6.45, 7) is 13.0. The zero-order valence-corrected chi connectivity index (χ0v) is 14.1. The van der Waals surface area contributed by atoms with E-state index in [-0.39, 0.29) is 0 Å². The van der Waals surface area contributed by atoms with Gasteiger partial charge >= 0.3 is 8.80 Å². The lowest BCUT2D eigenvalue weighted by atomic mass is 10.9. The molecule has 0 amide bonds. The van der Waals surface area contributed by atoms with Crippen LogP contribution in [-0.4, -0.2) is 44.3 Å². The fourth-order valence-electron chi connectivity index (χ4n) is 1.75. The first-order valence-electron chi connectivity index (χ1n) is 6.67. The van der Waals surface area contributed by atoms with Crippen LogP contribution in [-0.2, 0) is 17.7 Å². The van der Waals surface area contributed by atoms with E-state index in [2.05, 4.69) is 6.55 Å². The van der Waals surface area contributed by atoms with Crippen molar-refractivity contribution in [3.8, 4) is 0 Å². The summed E-state index contributed by atoms with van der Waals surface area (Å²) in [6, 6.07) is 1.94. The molecule has 0 saturated carbocycles. The predicted octanol–water partition coefficient (Wildman–Crippen LogP) is 2.42. The molecule has 0 rings (SSSR count). The Balaban J connectivity index is 4.32. The van der Waals surface area contributed by atoms with Gasteiger partial charge in [0, 0.05) is 32.5 Å². The van der Waals surface area contributed by atoms with Crippen molar-refractivity contribution in [3.05, 3.63) is 0 Å². The molecule has 0 bridgehead atoms. The van der Waals surface area contributed by atoms with Crippen molar-refractivity contribution in [1.82, 2.24) is 0 Å². The van der Waals surface area contributed by atoms with Gasteiger partial charge in [0.2, 0.25) is 0 Å². The summed E-state index contributed by atoms with van der Waals surface area (Å²) in [6.07, 6.45) is 0. The van der Waals surface area contributed by atoms with Crippen LogP contribution in [0, 0.1) is 0 Å². The third kappa shape index (κ3) is 7.33. The lowest BCUT2D eigenvalue weighted by Crippen LogP contribution is -2.46. The summed E-state index contributed by atoms with van der Waals surface area (Å²) >= 11 is 0. The molecule has 0 spiro atoms. The molecule has 0 fully saturated rings. The summed E-state index contributed by atoms with van der Waals surface area (Å²) in [5.41, 5.74) is 0. The monoisotopic (exact) mass is 280 g/mol. The van der Waals surface area contributed by atoms with Crippen molar-refractivity contribution in [2.45, 2.75) is 46.3 Å². The van der Waals surface area contributed by atoms with E-state index in [0.29, 0.717) is 19.8 Å². The van der Waals surface area contributed by atoms with E-state index >= 15 is 0 Å². The standard InChI is InChI=1S/C11H28O4Si2/c1-6-12-16(5)10-11-17(13-7-2,14-8-3)15-9-4/h16H,6-11H2,1-5H3. The molecule has 17 heavy (non-hydrogen) atoms. The van der Waals surface area contributed by atoms with Crippen molar-refractivity contribution in [2.24, 2.45) is 0 Å². The highest BCUT2D eigenvalue weighted by molar-refractivity contribution is 6.63. The maximum absolute atomic E-state index is 5.80. The minimum Gasteiger partial charge on any atom is -0.421 e. The highest BCUT2D eigenvalue weighted by Gasteiger charge is 2.40. The second-order valence-electron chi connectivity index (χ2n) is 3.79. The topological polar surface area (TPSA) is 36.9 Å². The van der Waals surface area contributed by atoms with Crippen LogP contribution in [0.15, 0.2) is 0 Å². The molecule has 0 saturated heterocycles. The number of hydrogen-bond donors (Lipinski definition) is 0. The van der Waals surface area contributed by atoms with E-state index < -0.39 is 17.8 Å². The van der Waals surface area contributed by atoms with E-state index in [4.69, 9.17) is 17.7 Å². The molecule has 0 aliphatic heterocycles. The molecule has 6 heteroatoms. The fraction of sp³-hybridized carbons (Fsp3) is 1.00. The fourth-order valence-corrected chi connectivity index (χ4v) is 7.53. The van der Waals surface area contributed by atoms with Crippen LogP contribution >= 0.6 is 0 Å². The van der Waals surface area contributed by atoms with E-state index in [1.54, 1.807) is 0 Å². The maximum atomic E-state index is 5.80. The number of hydrogen-bond acceptors (Lipinski definition) is 4. The van der Waals surface area contributed by atoms with Crippen LogP contribution in [0.3, 0.4) is 0 Å². The summed E-state index contributed by atoms with van der Waals surface area (Å²) < 4.78 is 23.1. The molecule has 104 valence electrons. The molecular formula is C11H28O4Si2. The summed E-state index contributed by atoms with van der Waals surface area (Å²) in [7, 11) is -3.51. The highest BCUT2D eigenvalue weighted by atomic mass is 28.4. The van der Waals surface area contributed by atoms with Crippen molar-refractivity contribution < 1.29 is 17.7 Å². The van der Waals surface area contributed by atoms with Gasteiger partial charge in [-0.25, -0.2) is 0 Å². The van der Waals surface area contributed by atoms with Crippen LogP contribution < -0.4 is 0 Å². The molecular weight excluding hydrogens is 252 g/mol. The van der Waals surface area contributed by atoms with E-state index in [0.717, 1.165) is 18.7 Å².